The van der Waals surface area contributed by atoms with Crippen LogP contribution in [0.3, 0.4) is 0 Å². The van der Waals surface area contributed by atoms with Gasteiger partial charge in [0.05, 0.1) is 11.8 Å². The van der Waals surface area contributed by atoms with Crippen LogP contribution in [0.1, 0.15) is 37.8 Å². The molecule has 0 spiro atoms. The van der Waals surface area contributed by atoms with E-state index in [2.05, 4.69) is 11.2 Å². The fourth-order valence-corrected chi connectivity index (χ4v) is 2.00. The monoisotopic (exact) mass is 247 g/mol. The Morgan fingerprint density at radius 3 is 2.83 bits per heavy atom. The zero-order valence-electron chi connectivity index (χ0n) is 10.7. The third-order valence-corrected chi connectivity index (χ3v) is 2.75. The van der Waals surface area contributed by atoms with Gasteiger partial charge in [0, 0.05) is 5.56 Å². The third kappa shape index (κ3) is 3.09. The number of oxime groups is 1. The van der Waals surface area contributed by atoms with Gasteiger partial charge in [0.15, 0.2) is 0 Å². The molecule has 18 heavy (non-hydrogen) atoms. The van der Waals surface area contributed by atoms with Gasteiger partial charge in [-0.05, 0) is 38.7 Å². The third-order valence-electron chi connectivity index (χ3n) is 2.75. The maximum absolute atomic E-state index is 11.3. The van der Waals surface area contributed by atoms with E-state index < -0.39 is 6.16 Å². The van der Waals surface area contributed by atoms with Crippen LogP contribution in [0.15, 0.2) is 29.4 Å². The second-order valence-corrected chi connectivity index (χ2v) is 4.56. The molecule has 0 saturated heterocycles. The number of carbonyl (C=O) groups excluding carboxylic acids is 1. The minimum Gasteiger partial charge on any atom is -0.430 e. The molecule has 1 aromatic carbocycles. The summed E-state index contributed by atoms with van der Waals surface area (Å²) in [6.07, 6.45) is 1.95. The van der Waals surface area contributed by atoms with Crippen molar-refractivity contribution < 1.29 is 14.4 Å². The Bertz CT molecular complexity index is 466. The molecule has 0 N–H and O–H groups in total. The molecule has 0 amide bonds. The normalized spacial score (nSPS) is 16.5. The molecule has 4 nitrogen and oxygen atoms in total. The quantitative estimate of drug-likeness (QED) is 0.457. The Labute approximate surface area is 107 Å². The highest BCUT2D eigenvalue weighted by Crippen LogP contribution is 2.21. The van der Waals surface area contributed by atoms with E-state index in [1.54, 1.807) is 13.8 Å². The number of ether oxygens (including phenoxy) is 1. The molecule has 1 aliphatic carbocycles. The first-order chi connectivity index (χ1) is 8.66. The van der Waals surface area contributed by atoms with Gasteiger partial charge in [-0.15, -0.1) is 0 Å². The largest absolute Gasteiger partial charge is 0.535 e. The van der Waals surface area contributed by atoms with E-state index in [-0.39, 0.29) is 6.10 Å². The van der Waals surface area contributed by atoms with Crippen LogP contribution in [0.5, 0.6) is 0 Å². The highest BCUT2D eigenvalue weighted by Gasteiger charge is 2.16. The number of hydrogen-bond donors (Lipinski definition) is 0. The molecule has 0 aliphatic heterocycles. The van der Waals surface area contributed by atoms with Crippen molar-refractivity contribution in [3.8, 4) is 0 Å². The van der Waals surface area contributed by atoms with Crippen molar-refractivity contribution in [3.63, 3.8) is 0 Å². The minimum absolute atomic E-state index is 0.198. The van der Waals surface area contributed by atoms with Gasteiger partial charge in [0.25, 0.3) is 0 Å². The number of carbonyl (C=O) groups is 1. The SMILES string of the molecule is CC(C)OC(=O)O/N=C1/CCCc2ccccc21. The molecule has 0 bridgehead atoms. The lowest BCUT2D eigenvalue weighted by molar-refractivity contribution is 0.0361. The molecule has 0 atom stereocenters. The van der Waals surface area contributed by atoms with Gasteiger partial charge in [0.1, 0.15) is 0 Å². The first-order valence-corrected chi connectivity index (χ1v) is 6.19. The number of nitrogens with zero attached hydrogens (tertiary/aromatic N) is 1. The van der Waals surface area contributed by atoms with Crippen molar-refractivity contribution in [1.82, 2.24) is 0 Å². The van der Waals surface area contributed by atoms with Crippen LogP contribution >= 0.6 is 0 Å². The number of rotatable bonds is 2. The van der Waals surface area contributed by atoms with Crippen molar-refractivity contribution >= 4 is 11.9 Å². The number of hydrogen-bond acceptors (Lipinski definition) is 4. The van der Waals surface area contributed by atoms with Gasteiger partial charge in [0.2, 0.25) is 0 Å². The van der Waals surface area contributed by atoms with E-state index in [1.807, 2.05) is 18.2 Å². The molecule has 0 fully saturated rings. The summed E-state index contributed by atoms with van der Waals surface area (Å²) in [7, 11) is 0. The average molecular weight is 247 g/mol. The zero-order valence-corrected chi connectivity index (χ0v) is 10.7. The maximum Gasteiger partial charge on any atom is 0.535 e. The van der Waals surface area contributed by atoms with Crippen LogP contribution in [0.4, 0.5) is 4.79 Å². The van der Waals surface area contributed by atoms with E-state index in [9.17, 15) is 4.79 Å². The van der Waals surface area contributed by atoms with Crippen LogP contribution in [0.25, 0.3) is 0 Å². The summed E-state index contributed by atoms with van der Waals surface area (Å²) in [6.45, 7) is 3.54. The summed E-state index contributed by atoms with van der Waals surface area (Å²) in [5.41, 5.74) is 3.14. The summed E-state index contributed by atoms with van der Waals surface area (Å²) >= 11 is 0. The molecule has 2 rings (SSSR count). The Hall–Kier alpha value is -1.84. The lowest BCUT2D eigenvalue weighted by Gasteiger charge is -2.16. The lowest BCUT2D eigenvalue weighted by Crippen LogP contribution is -2.15. The van der Waals surface area contributed by atoms with E-state index >= 15 is 0 Å². The molecular formula is C14H17NO3. The molecule has 0 saturated carbocycles. The van der Waals surface area contributed by atoms with Gasteiger partial charge in [-0.25, -0.2) is 4.79 Å². The highest BCUT2D eigenvalue weighted by molar-refractivity contribution is 6.02. The Morgan fingerprint density at radius 1 is 1.28 bits per heavy atom. The molecule has 4 heteroatoms. The first-order valence-electron chi connectivity index (χ1n) is 6.19. The predicted octanol–water partition coefficient (Wildman–Crippen LogP) is 3.29. The zero-order chi connectivity index (χ0) is 13.0. The fraction of sp³-hybridized carbons (Fsp3) is 0.429. The number of aryl methyl sites for hydroxylation is 1. The standard InChI is InChI=1S/C14H17NO3/c1-10(2)17-14(16)18-15-13-9-5-7-11-6-3-4-8-12(11)13/h3-4,6,8,10H,5,7,9H2,1-2H3/b15-13-. The molecule has 0 unspecified atom stereocenters. The number of benzene rings is 1. The van der Waals surface area contributed by atoms with Crippen molar-refractivity contribution in [3.05, 3.63) is 35.4 Å². The maximum atomic E-state index is 11.3. The molecule has 96 valence electrons. The predicted molar refractivity (Wildman–Crippen MR) is 68.6 cm³/mol. The van der Waals surface area contributed by atoms with Gasteiger partial charge >= 0.3 is 6.16 Å². The summed E-state index contributed by atoms with van der Waals surface area (Å²) < 4.78 is 4.86. The highest BCUT2D eigenvalue weighted by atomic mass is 16.8. The van der Waals surface area contributed by atoms with Crippen LogP contribution in [-0.4, -0.2) is 18.0 Å². The summed E-state index contributed by atoms with van der Waals surface area (Å²) in [4.78, 5) is 16.0. The molecular weight excluding hydrogens is 230 g/mol. The molecule has 0 aromatic heterocycles. The van der Waals surface area contributed by atoms with E-state index in [4.69, 9.17) is 9.57 Å². The van der Waals surface area contributed by atoms with E-state index in [1.165, 1.54) is 5.56 Å². The van der Waals surface area contributed by atoms with E-state index in [0.29, 0.717) is 0 Å². The average Bonchev–Trinajstić information content (AvgIpc) is 2.35. The van der Waals surface area contributed by atoms with Crippen molar-refractivity contribution in [1.29, 1.82) is 0 Å². The van der Waals surface area contributed by atoms with Crippen molar-refractivity contribution in [2.45, 2.75) is 39.2 Å². The minimum atomic E-state index is -0.749. The lowest BCUT2D eigenvalue weighted by atomic mass is 9.90. The second kappa shape index (κ2) is 5.67. The van der Waals surface area contributed by atoms with Gasteiger partial charge in [-0.1, -0.05) is 29.4 Å². The summed E-state index contributed by atoms with van der Waals surface area (Å²) in [5.74, 6) is 0. The van der Waals surface area contributed by atoms with Crippen LogP contribution < -0.4 is 0 Å². The first kappa shape index (κ1) is 12.6. The van der Waals surface area contributed by atoms with E-state index in [0.717, 1.165) is 30.5 Å². The van der Waals surface area contributed by atoms with Crippen molar-refractivity contribution in [2.75, 3.05) is 0 Å². The van der Waals surface area contributed by atoms with Crippen LogP contribution in [0.2, 0.25) is 0 Å². The fourth-order valence-electron chi connectivity index (χ4n) is 2.00. The smallest absolute Gasteiger partial charge is 0.430 e. The Morgan fingerprint density at radius 2 is 2.06 bits per heavy atom. The molecule has 1 aromatic rings. The van der Waals surface area contributed by atoms with Gasteiger partial charge in [-0.2, -0.15) is 0 Å². The van der Waals surface area contributed by atoms with Gasteiger partial charge < -0.3 is 4.74 Å². The van der Waals surface area contributed by atoms with Crippen LogP contribution in [0, 0.1) is 0 Å². The number of fused-ring (bicyclic) bond motifs is 1. The van der Waals surface area contributed by atoms with Crippen LogP contribution in [-0.2, 0) is 16.0 Å². The molecule has 0 heterocycles. The molecule has 0 radical (unpaired) electrons. The topological polar surface area (TPSA) is 47.9 Å². The van der Waals surface area contributed by atoms with Gasteiger partial charge in [-0.3, -0.25) is 4.84 Å². The summed E-state index contributed by atoms with van der Waals surface area (Å²) in [6, 6.07) is 8.06. The summed E-state index contributed by atoms with van der Waals surface area (Å²) in [5, 5.41) is 3.92. The van der Waals surface area contributed by atoms with Crippen molar-refractivity contribution in [2.24, 2.45) is 5.16 Å². The Kier molecular flexibility index (Phi) is 3.97. The second-order valence-electron chi connectivity index (χ2n) is 4.56. The molecule has 1 aliphatic rings. The Balaban J connectivity index is 2.08.